The van der Waals surface area contributed by atoms with Crippen LogP contribution in [0.2, 0.25) is 0 Å². The molecule has 1 saturated heterocycles. The van der Waals surface area contributed by atoms with Crippen LogP contribution in [0.1, 0.15) is 30.3 Å². The summed E-state index contributed by atoms with van der Waals surface area (Å²) in [6, 6.07) is 6.46. The lowest BCUT2D eigenvalue weighted by atomic mass is 10.2. The van der Waals surface area contributed by atoms with E-state index in [2.05, 4.69) is 15.3 Å². The Bertz CT molecular complexity index is 786. The van der Waals surface area contributed by atoms with Crippen molar-refractivity contribution >= 4 is 29.1 Å². The maximum atomic E-state index is 12.2. The van der Waals surface area contributed by atoms with Gasteiger partial charge in [0.15, 0.2) is 0 Å². The zero-order valence-corrected chi connectivity index (χ0v) is 13.6. The topological polar surface area (TPSA) is 101 Å². The predicted molar refractivity (Wildman–Crippen MR) is 89.3 cm³/mol. The average Bonchev–Trinajstić information content (AvgIpc) is 2.95. The summed E-state index contributed by atoms with van der Waals surface area (Å²) in [5, 5.41) is 2.68. The molecule has 1 aliphatic heterocycles. The van der Waals surface area contributed by atoms with E-state index in [0.717, 1.165) is 4.90 Å². The molecule has 0 radical (unpaired) electrons. The van der Waals surface area contributed by atoms with E-state index in [1.54, 1.807) is 24.3 Å². The molecule has 1 N–H and O–H groups in total. The van der Waals surface area contributed by atoms with Gasteiger partial charge in [0.2, 0.25) is 17.7 Å². The van der Waals surface area contributed by atoms with Crippen molar-refractivity contribution in [3.8, 4) is 5.88 Å². The summed E-state index contributed by atoms with van der Waals surface area (Å²) in [7, 11) is 0. The number of nitrogens with one attached hydrogen (secondary N) is 1. The van der Waals surface area contributed by atoms with Crippen LogP contribution in [-0.2, 0) is 9.59 Å². The minimum Gasteiger partial charge on any atom is -0.477 e. The van der Waals surface area contributed by atoms with Gasteiger partial charge in [-0.05, 0) is 31.2 Å². The smallest absolute Gasteiger partial charge is 0.275 e. The fourth-order valence-corrected chi connectivity index (χ4v) is 2.41. The van der Waals surface area contributed by atoms with Crippen molar-refractivity contribution in [1.29, 1.82) is 0 Å². The van der Waals surface area contributed by atoms with Crippen LogP contribution in [0.25, 0.3) is 0 Å². The molecule has 1 aromatic heterocycles. The molecule has 0 spiro atoms. The molecule has 25 heavy (non-hydrogen) atoms. The lowest BCUT2D eigenvalue weighted by Crippen LogP contribution is -2.28. The van der Waals surface area contributed by atoms with Crippen molar-refractivity contribution in [2.45, 2.75) is 19.8 Å². The second-order valence-electron chi connectivity index (χ2n) is 5.30. The largest absolute Gasteiger partial charge is 0.477 e. The highest BCUT2D eigenvalue weighted by atomic mass is 16.5. The quantitative estimate of drug-likeness (QED) is 0.833. The molecule has 2 heterocycles. The first kappa shape index (κ1) is 16.6. The predicted octanol–water partition coefficient (Wildman–Crippen LogP) is 1.78. The first-order chi connectivity index (χ1) is 12.1. The van der Waals surface area contributed by atoms with Crippen LogP contribution in [0.3, 0.4) is 0 Å². The molecule has 1 aromatic carbocycles. The number of hydrogen-bond donors (Lipinski definition) is 1. The second kappa shape index (κ2) is 7.08. The summed E-state index contributed by atoms with van der Waals surface area (Å²) in [4.78, 5) is 44.7. The molecule has 8 heteroatoms. The van der Waals surface area contributed by atoms with Gasteiger partial charge in [-0.2, -0.15) is 0 Å². The fourth-order valence-electron chi connectivity index (χ4n) is 2.41. The van der Waals surface area contributed by atoms with E-state index in [0.29, 0.717) is 23.9 Å². The molecular formula is C17H16N4O4. The summed E-state index contributed by atoms with van der Waals surface area (Å²) >= 11 is 0. The summed E-state index contributed by atoms with van der Waals surface area (Å²) in [6.07, 6.45) is 3.17. The van der Waals surface area contributed by atoms with Crippen LogP contribution in [0.15, 0.2) is 36.7 Å². The Morgan fingerprint density at radius 3 is 2.36 bits per heavy atom. The number of benzene rings is 1. The number of rotatable bonds is 5. The first-order valence-corrected chi connectivity index (χ1v) is 7.80. The van der Waals surface area contributed by atoms with Gasteiger partial charge in [0, 0.05) is 18.5 Å². The fraction of sp³-hybridized carbons (Fsp3) is 0.235. The molecule has 0 aliphatic carbocycles. The van der Waals surface area contributed by atoms with Crippen LogP contribution in [0.5, 0.6) is 5.88 Å². The number of anilines is 2. The molecule has 1 aliphatic rings. The number of ether oxygens (including phenoxy) is 1. The molecule has 3 amide bonds. The standard InChI is InChI=1S/C17H16N4O4/c1-2-25-14-10-18-13(9-19-14)17(24)20-11-3-5-12(6-4-11)21-15(22)7-8-16(21)23/h3-6,9-10H,2,7-8H2,1H3,(H,20,24). The number of nitrogens with zero attached hydrogens (tertiary/aromatic N) is 3. The van der Waals surface area contributed by atoms with Crippen LogP contribution >= 0.6 is 0 Å². The number of hydrogen-bond acceptors (Lipinski definition) is 6. The highest BCUT2D eigenvalue weighted by molar-refractivity contribution is 6.19. The number of carbonyl (C=O) groups is 3. The lowest BCUT2D eigenvalue weighted by molar-refractivity contribution is -0.121. The van der Waals surface area contributed by atoms with E-state index in [1.807, 2.05) is 6.92 Å². The van der Waals surface area contributed by atoms with Crippen molar-refractivity contribution in [2.24, 2.45) is 0 Å². The number of imide groups is 1. The maximum Gasteiger partial charge on any atom is 0.275 e. The van der Waals surface area contributed by atoms with Crippen LogP contribution in [0.4, 0.5) is 11.4 Å². The normalized spacial score (nSPS) is 13.9. The van der Waals surface area contributed by atoms with Crippen molar-refractivity contribution in [1.82, 2.24) is 9.97 Å². The van der Waals surface area contributed by atoms with E-state index >= 15 is 0 Å². The van der Waals surface area contributed by atoms with Crippen LogP contribution in [-0.4, -0.2) is 34.3 Å². The Morgan fingerprint density at radius 1 is 1.12 bits per heavy atom. The Balaban J connectivity index is 1.67. The molecule has 3 rings (SSSR count). The van der Waals surface area contributed by atoms with Crippen molar-refractivity contribution in [3.05, 3.63) is 42.4 Å². The third-order valence-electron chi connectivity index (χ3n) is 3.59. The van der Waals surface area contributed by atoms with E-state index in [4.69, 9.17) is 4.74 Å². The Labute approximate surface area is 143 Å². The van der Waals surface area contributed by atoms with Gasteiger partial charge >= 0.3 is 0 Å². The minimum atomic E-state index is -0.420. The van der Waals surface area contributed by atoms with Gasteiger partial charge in [0.05, 0.1) is 24.7 Å². The summed E-state index contributed by atoms with van der Waals surface area (Å²) in [6.45, 7) is 2.30. The summed E-state index contributed by atoms with van der Waals surface area (Å²) in [5.74, 6) is -0.502. The van der Waals surface area contributed by atoms with Gasteiger partial charge in [-0.25, -0.2) is 9.97 Å². The van der Waals surface area contributed by atoms with Gasteiger partial charge in [-0.3, -0.25) is 19.3 Å². The van der Waals surface area contributed by atoms with Crippen molar-refractivity contribution < 1.29 is 19.1 Å². The highest BCUT2D eigenvalue weighted by Crippen LogP contribution is 2.24. The zero-order valence-electron chi connectivity index (χ0n) is 13.6. The molecule has 0 bridgehead atoms. The molecule has 0 atom stereocenters. The van der Waals surface area contributed by atoms with Gasteiger partial charge in [0.25, 0.3) is 5.91 Å². The molecule has 0 saturated carbocycles. The van der Waals surface area contributed by atoms with Crippen molar-refractivity contribution in [2.75, 3.05) is 16.8 Å². The van der Waals surface area contributed by atoms with Gasteiger partial charge in [-0.15, -0.1) is 0 Å². The Kier molecular flexibility index (Phi) is 4.69. The van der Waals surface area contributed by atoms with Crippen molar-refractivity contribution in [3.63, 3.8) is 0 Å². The molecule has 8 nitrogen and oxygen atoms in total. The van der Waals surface area contributed by atoms with Gasteiger partial charge in [-0.1, -0.05) is 0 Å². The average molecular weight is 340 g/mol. The zero-order chi connectivity index (χ0) is 17.8. The first-order valence-electron chi connectivity index (χ1n) is 7.80. The molecule has 0 unspecified atom stereocenters. The maximum absolute atomic E-state index is 12.2. The van der Waals surface area contributed by atoms with Crippen LogP contribution in [0, 0.1) is 0 Å². The van der Waals surface area contributed by atoms with E-state index in [1.165, 1.54) is 12.4 Å². The SMILES string of the molecule is CCOc1cnc(C(=O)Nc2ccc(N3C(=O)CCC3=O)cc2)cn1. The number of amides is 3. The molecule has 1 fully saturated rings. The van der Waals surface area contributed by atoms with Gasteiger partial charge in [0.1, 0.15) is 5.69 Å². The number of carbonyl (C=O) groups excluding carboxylic acids is 3. The highest BCUT2D eigenvalue weighted by Gasteiger charge is 2.30. The molecule has 2 aromatic rings. The Morgan fingerprint density at radius 2 is 1.80 bits per heavy atom. The molecule has 128 valence electrons. The van der Waals surface area contributed by atoms with E-state index in [9.17, 15) is 14.4 Å². The summed E-state index contributed by atoms with van der Waals surface area (Å²) in [5.41, 5.74) is 1.16. The third kappa shape index (κ3) is 3.63. The molecular weight excluding hydrogens is 324 g/mol. The summed E-state index contributed by atoms with van der Waals surface area (Å²) < 4.78 is 5.17. The van der Waals surface area contributed by atoms with E-state index < -0.39 is 5.91 Å². The Hall–Kier alpha value is -3.29. The lowest BCUT2D eigenvalue weighted by Gasteiger charge is -2.14. The van der Waals surface area contributed by atoms with Crippen LogP contribution < -0.4 is 15.0 Å². The minimum absolute atomic E-state index is 0.150. The monoisotopic (exact) mass is 340 g/mol. The van der Waals surface area contributed by atoms with Gasteiger partial charge < -0.3 is 10.1 Å². The second-order valence-corrected chi connectivity index (χ2v) is 5.30. The van der Waals surface area contributed by atoms with E-state index in [-0.39, 0.29) is 30.3 Å². The third-order valence-corrected chi connectivity index (χ3v) is 3.59. The number of aromatic nitrogens is 2.